The number of amides is 1. The molecular weight excluding hydrogens is 212 g/mol. The zero-order valence-electron chi connectivity index (χ0n) is 11.4. The minimum absolute atomic E-state index is 0.176. The van der Waals surface area contributed by atoms with E-state index in [4.69, 9.17) is 0 Å². The van der Waals surface area contributed by atoms with Crippen molar-refractivity contribution in [1.29, 1.82) is 0 Å². The van der Waals surface area contributed by atoms with Crippen molar-refractivity contribution in [2.75, 3.05) is 13.1 Å². The van der Waals surface area contributed by atoms with Gasteiger partial charge in [-0.15, -0.1) is 0 Å². The van der Waals surface area contributed by atoms with Crippen molar-refractivity contribution in [2.45, 2.75) is 64.8 Å². The van der Waals surface area contributed by atoms with Gasteiger partial charge in [-0.25, -0.2) is 0 Å². The van der Waals surface area contributed by atoms with E-state index in [1.165, 1.54) is 32.1 Å². The van der Waals surface area contributed by atoms with E-state index in [1.807, 2.05) is 0 Å². The lowest BCUT2D eigenvalue weighted by atomic mass is 9.84. The average Bonchev–Trinajstić information content (AvgIpc) is 2.37. The van der Waals surface area contributed by atoms with Gasteiger partial charge in [0.15, 0.2) is 0 Å². The average molecular weight is 240 g/mol. The van der Waals surface area contributed by atoms with Crippen LogP contribution in [-0.4, -0.2) is 25.0 Å². The Morgan fingerprint density at radius 2 is 1.94 bits per heavy atom. The van der Waals surface area contributed by atoms with E-state index in [0.29, 0.717) is 12.5 Å². The maximum absolute atomic E-state index is 11.4. The van der Waals surface area contributed by atoms with E-state index >= 15 is 0 Å². The molecule has 0 spiro atoms. The molecule has 1 unspecified atom stereocenters. The topological polar surface area (TPSA) is 41.1 Å². The second kappa shape index (κ2) is 8.51. The van der Waals surface area contributed by atoms with Gasteiger partial charge in [-0.1, -0.05) is 26.2 Å². The zero-order chi connectivity index (χ0) is 12.5. The van der Waals surface area contributed by atoms with Gasteiger partial charge in [0.2, 0.25) is 5.91 Å². The number of rotatable bonds is 7. The van der Waals surface area contributed by atoms with Crippen LogP contribution in [-0.2, 0) is 4.79 Å². The molecule has 0 radical (unpaired) electrons. The summed E-state index contributed by atoms with van der Waals surface area (Å²) >= 11 is 0. The van der Waals surface area contributed by atoms with E-state index in [2.05, 4.69) is 24.5 Å². The number of hydrogen-bond donors (Lipinski definition) is 2. The molecule has 0 bridgehead atoms. The van der Waals surface area contributed by atoms with Crippen molar-refractivity contribution in [3.63, 3.8) is 0 Å². The molecule has 1 aliphatic carbocycles. The molecule has 17 heavy (non-hydrogen) atoms. The second-order valence-corrected chi connectivity index (χ2v) is 5.24. The molecule has 1 fully saturated rings. The molecule has 1 rings (SSSR count). The number of nitrogens with one attached hydrogen (secondary N) is 2. The van der Waals surface area contributed by atoms with Crippen LogP contribution < -0.4 is 10.6 Å². The van der Waals surface area contributed by atoms with E-state index < -0.39 is 0 Å². The molecule has 3 nitrogen and oxygen atoms in total. The van der Waals surface area contributed by atoms with Gasteiger partial charge in [-0.2, -0.15) is 0 Å². The summed E-state index contributed by atoms with van der Waals surface area (Å²) in [6.45, 7) is 5.95. The first-order valence-electron chi connectivity index (χ1n) is 7.24. The van der Waals surface area contributed by atoms with Gasteiger partial charge < -0.3 is 10.6 Å². The Hall–Kier alpha value is -0.570. The number of carbonyl (C=O) groups excluding carboxylic acids is 1. The molecule has 0 aliphatic heterocycles. The normalized spacial score (nSPS) is 18.9. The molecule has 0 aromatic heterocycles. The SMILES string of the molecule is CCCNC(=O)CCNC(C)C1CCCCC1. The minimum atomic E-state index is 0.176. The summed E-state index contributed by atoms with van der Waals surface area (Å²) in [5.74, 6) is 0.998. The van der Waals surface area contributed by atoms with E-state index in [-0.39, 0.29) is 5.91 Å². The highest BCUT2D eigenvalue weighted by Crippen LogP contribution is 2.26. The molecule has 0 aromatic rings. The first kappa shape index (κ1) is 14.5. The summed E-state index contributed by atoms with van der Waals surface area (Å²) in [6.07, 6.45) is 8.51. The van der Waals surface area contributed by atoms with Gasteiger partial charge in [0.25, 0.3) is 0 Å². The molecule has 1 saturated carbocycles. The summed E-state index contributed by atoms with van der Waals surface area (Å²) in [5.41, 5.74) is 0. The van der Waals surface area contributed by atoms with Gasteiger partial charge in [0.1, 0.15) is 0 Å². The third kappa shape index (κ3) is 6.06. The largest absolute Gasteiger partial charge is 0.356 e. The maximum Gasteiger partial charge on any atom is 0.221 e. The zero-order valence-corrected chi connectivity index (χ0v) is 11.4. The highest BCUT2D eigenvalue weighted by atomic mass is 16.1. The lowest BCUT2D eigenvalue weighted by Gasteiger charge is -2.28. The van der Waals surface area contributed by atoms with Crippen LogP contribution in [0.2, 0.25) is 0 Å². The van der Waals surface area contributed by atoms with Gasteiger partial charge in [0.05, 0.1) is 0 Å². The van der Waals surface area contributed by atoms with Gasteiger partial charge in [-0.05, 0) is 32.1 Å². The van der Waals surface area contributed by atoms with Crippen LogP contribution in [0.5, 0.6) is 0 Å². The third-order valence-corrected chi connectivity index (χ3v) is 3.75. The molecule has 100 valence electrons. The summed E-state index contributed by atoms with van der Waals surface area (Å²) in [7, 11) is 0. The Morgan fingerprint density at radius 1 is 1.24 bits per heavy atom. The van der Waals surface area contributed by atoms with Gasteiger partial charge in [0, 0.05) is 25.6 Å². The van der Waals surface area contributed by atoms with Gasteiger partial charge >= 0.3 is 0 Å². The molecule has 1 amide bonds. The smallest absolute Gasteiger partial charge is 0.221 e. The fraction of sp³-hybridized carbons (Fsp3) is 0.929. The second-order valence-electron chi connectivity index (χ2n) is 5.24. The quantitative estimate of drug-likeness (QED) is 0.718. The van der Waals surface area contributed by atoms with Crippen molar-refractivity contribution < 1.29 is 4.79 Å². The molecular formula is C14H28N2O. The Labute approximate surface area is 106 Å². The van der Waals surface area contributed by atoms with Crippen LogP contribution in [0.4, 0.5) is 0 Å². The van der Waals surface area contributed by atoms with Crippen molar-refractivity contribution in [1.82, 2.24) is 10.6 Å². The monoisotopic (exact) mass is 240 g/mol. The minimum Gasteiger partial charge on any atom is -0.356 e. The summed E-state index contributed by atoms with van der Waals surface area (Å²) < 4.78 is 0. The van der Waals surface area contributed by atoms with Crippen molar-refractivity contribution in [2.24, 2.45) is 5.92 Å². The fourth-order valence-corrected chi connectivity index (χ4v) is 2.57. The van der Waals surface area contributed by atoms with Crippen LogP contribution in [0.1, 0.15) is 58.8 Å². The van der Waals surface area contributed by atoms with Crippen LogP contribution in [0, 0.1) is 5.92 Å². The lowest BCUT2D eigenvalue weighted by Crippen LogP contribution is -2.37. The molecule has 0 heterocycles. The Morgan fingerprint density at radius 3 is 2.59 bits per heavy atom. The maximum atomic E-state index is 11.4. The van der Waals surface area contributed by atoms with E-state index in [1.54, 1.807) is 0 Å². The van der Waals surface area contributed by atoms with Gasteiger partial charge in [-0.3, -0.25) is 4.79 Å². The Kier molecular flexibility index (Phi) is 7.25. The molecule has 2 N–H and O–H groups in total. The van der Waals surface area contributed by atoms with Crippen LogP contribution in [0.15, 0.2) is 0 Å². The van der Waals surface area contributed by atoms with Crippen LogP contribution in [0.3, 0.4) is 0 Å². The molecule has 0 aromatic carbocycles. The summed E-state index contributed by atoms with van der Waals surface area (Å²) in [6, 6.07) is 0.564. The Bertz CT molecular complexity index is 212. The highest BCUT2D eigenvalue weighted by Gasteiger charge is 2.19. The third-order valence-electron chi connectivity index (χ3n) is 3.75. The predicted octanol–water partition coefficient (Wildman–Crippen LogP) is 2.46. The first-order chi connectivity index (χ1) is 8.24. The van der Waals surface area contributed by atoms with Crippen molar-refractivity contribution in [3.8, 4) is 0 Å². The molecule has 1 atom stereocenters. The first-order valence-corrected chi connectivity index (χ1v) is 7.24. The van der Waals surface area contributed by atoms with E-state index in [0.717, 1.165) is 25.4 Å². The highest BCUT2D eigenvalue weighted by molar-refractivity contribution is 5.75. The van der Waals surface area contributed by atoms with Crippen LogP contribution in [0.25, 0.3) is 0 Å². The standard InChI is InChI=1S/C14H28N2O/c1-3-10-16-14(17)9-11-15-12(2)13-7-5-4-6-8-13/h12-13,15H,3-11H2,1-2H3,(H,16,17). The van der Waals surface area contributed by atoms with Crippen LogP contribution >= 0.6 is 0 Å². The molecule has 0 saturated heterocycles. The van der Waals surface area contributed by atoms with E-state index in [9.17, 15) is 4.79 Å². The lowest BCUT2D eigenvalue weighted by molar-refractivity contribution is -0.121. The predicted molar refractivity (Wildman–Crippen MR) is 72.0 cm³/mol. The summed E-state index contributed by atoms with van der Waals surface area (Å²) in [4.78, 5) is 11.4. The van der Waals surface area contributed by atoms with Crippen molar-refractivity contribution in [3.05, 3.63) is 0 Å². The fourth-order valence-electron chi connectivity index (χ4n) is 2.57. The van der Waals surface area contributed by atoms with Crippen molar-refractivity contribution >= 4 is 5.91 Å². The number of hydrogen-bond acceptors (Lipinski definition) is 2. The molecule has 1 aliphatic rings. The Balaban J connectivity index is 2.06. The molecule has 3 heteroatoms. The summed E-state index contributed by atoms with van der Waals surface area (Å²) in [5, 5.41) is 6.41. The number of carbonyl (C=O) groups is 1.